The Bertz CT molecular complexity index is 1280. The zero-order valence-electron chi connectivity index (χ0n) is 17.9. The minimum Gasteiger partial charge on any atom is -0.465 e. The summed E-state index contributed by atoms with van der Waals surface area (Å²) in [5.74, 6) is 1.62. The number of hydrogen-bond donors (Lipinski definition) is 1. The van der Waals surface area contributed by atoms with Crippen molar-refractivity contribution >= 4 is 16.9 Å². The van der Waals surface area contributed by atoms with Gasteiger partial charge in [-0.15, -0.1) is 0 Å². The van der Waals surface area contributed by atoms with Crippen molar-refractivity contribution in [2.45, 2.75) is 33.9 Å². The summed E-state index contributed by atoms with van der Waals surface area (Å²) in [6, 6.07) is 18.3. The number of nitrogens with one attached hydrogen (secondary N) is 1. The summed E-state index contributed by atoms with van der Waals surface area (Å²) in [6.45, 7) is 6.96. The Hall–Kier alpha value is -3.67. The Balaban J connectivity index is 1.62. The van der Waals surface area contributed by atoms with Gasteiger partial charge in [-0.1, -0.05) is 38.1 Å². The van der Waals surface area contributed by atoms with Crippen molar-refractivity contribution in [1.82, 2.24) is 14.9 Å². The standard InChI is InChI=1S/C25H25N3O3/c1-16(2)15-28-22-7-5-4-6-21(22)27-23(25(28)30)18-9-11-19(12-10-18)24(29)26-14-20-13-8-17(3)31-20/h4-13,16H,14-15H2,1-3H3,(H,26,29). The molecule has 4 rings (SSSR count). The van der Waals surface area contributed by atoms with E-state index in [2.05, 4.69) is 24.1 Å². The highest BCUT2D eigenvalue weighted by Crippen LogP contribution is 2.19. The van der Waals surface area contributed by atoms with Gasteiger partial charge in [0.15, 0.2) is 0 Å². The summed E-state index contributed by atoms with van der Waals surface area (Å²) < 4.78 is 7.26. The van der Waals surface area contributed by atoms with Crippen molar-refractivity contribution < 1.29 is 9.21 Å². The molecule has 6 nitrogen and oxygen atoms in total. The third-order valence-corrected chi connectivity index (χ3v) is 5.04. The minimum atomic E-state index is -0.204. The van der Waals surface area contributed by atoms with Crippen LogP contribution in [0.5, 0.6) is 0 Å². The van der Waals surface area contributed by atoms with Gasteiger partial charge in [0, 0.05) is 17.7 Å². The van der Waals surface area contributed by atoms with Crippen molar-refractivity contribution in [2.24, 2.45) is 5.92 Å². The molecule has 0 spiro atoms. The van der Waals surface area contributed by atoms with Gasteiger partial charge in [-0.05, 0) is 49.2 Å². The molecule has 0 radical (unpaired) electrons. The maximum Gasteiger partial charge on any atom is 0.277 e. The molecule has 1 N–H and O–H groups in total. The van der Waals surface area contributed by atoms with Crippen molar-refractivity contribution in [3.8, 4) is 11.3 Å². The molecule has 0 aliphatic rings. The van der Waals surface area contributed by atoms with Crippen LogP contribution >= 0.6 is 0 Å². The molecule has 6 heteroatoms. The largest absolute Gasteiger partial charge is 0.465 e. The van der Waals surface area contributed by atoms with Crippen LogP contribution in [0.3, 0.4) is 0 Å². The van der Waals surface area contributed by atoms with Gasteiger partial charge in [0.05, 0.1) is 17.6 Å². The number of benzene rings is 2. The lowest BCUT2D eigenvalue weighted by Crippen LogP contribution is -2.25. The van der Waals surface area contributed by atoms with Gasteiger partial charge in [-0.25, -0.2) is 4.98 Å². The molecule has 0 fully saturated rings. The van der Waals surface area contributed by atoms with Crippen LogP contribution in [0.4, 0.5) is 0 Å². The molecule has 4 aromatic rings. The van der Waals surface area contributed by atoms with Gasteiger partial charge in [-0.2, -0.15) is 0 Å². The fraction of sp³-hybridized carbons (Fsp3) is 0.240. The minimum absolute atomic E-state index is 0.127. The molecule has 0 unspecified atom stereocenters. The first-order valence-electron chi connectivity index (χ1n) is 10.4. The van der Waals surface area contributed by atoms with E-state index in [-0.39, 0.29) is 11.5 Å². The molecule has 0 aliphatic carbocycles. The molecule has 0 atom stereocenters. The van der Waals surface area contributed by atoms with Crippen LogP contribution in [-0.2, 0) is 13.1 Å². The molecule has 31 heavy (non-hydrogen) atoms. The van der Waals surface area contributed by atoms with E-state index >= 15 is 0 Å². The molecular weight excluding hydrogens is 390 g/mol. The van der Waals surface area contributed by atoms with Crippen LogP contribution in [0.25, 0.3) is 22.3 Å². The third kappa shape index (κ3) is 4.43. The van der Waals surface area contributed by atoms with Crippen LogP contribution in [0.1, 0.15) is 35.7 Å². The van der Waals surface area contributed by atoms with E-state index in [9.17, 15) is 9.59 Å². The second-order valence-corrected chi connectivity index (χ2v) is 8.03. The van der Waals surface area contributed by atoms with E-state index in [1.54, 1.807) is 28.8 Å². The molecule has 2 heterocycles. The van der Waals surface area contributed by atoms with Gasteiger partial charge >= 0.3 is 0 Å². The molecule has 2 aromatic carbocycles. The molecule has 2 aromatic heterocycles. The summed E-state index contributed by atoms with van der Waals surface area (Å²) >= 11 is 0. The van der Waals surface area contributed by atoms with E-state index in [1.807, 2.05) is 43.3 Å². The van der Waals surface area contributed by atoms with Gasteiger partial charge in [0.2, 0.25) is 0 Å². The molecular formula is C25H25N3O3. The van der Waals surface area contributed by atoms with E-state index in [4.69, 9.17) is 4.42 Å². The van der Waals surface area contributed by atoms with Gasteiger partial charge in [-0.3, -0.25) is 9.59 Å². The molecule has 0 saturated heterocycles. The Morgan fingerprint density at radius 1 is 1.06 bits per heavy atom. The Kier molecular flexibility index (Phi) is 5.71. The Morgan fingerprint density at radius 3 is 2.48 bits per heavy atom. The zero-order chi connectivity index (χ0) is 22.0. The summed E-state index contributed by atoms with van der Waals surface area (Å²) in [4.78, 5) is 30.3. The quantitative estimate of drug-likeness (QED) is 0.501. The highest BCUT2D eigenvalue weighted by molar-refractivity contribution is 5.94. The highest BCUT2D eigenvalue weighted by atomic mass is 16.3. The number of carbonyl (C=O) groups is 1. The fourth-order valence-corrected chi connectivity index (χ4v) is 3.56. The first-order chi connectivity index (χ1) is 14.9. The first-order valence-corrected chi connectivity index (χ1v) is 10.4. The molecule has 158 valence electrons. The lowest BCUT2D eigenvalue weighted by molar-refractivity contribution is 0.0948. The van der Waals surface area contributed by atoms with Gasteiger partial charge < -0.3 is 14.3 Å². The van der Waals surface area contributed by atoms with E-state index in [0.29, 0.717) is 41.6 Å². The topological polar surface area (TPSA) is 77.1 Å². The second kappa shape index (κ2) is 8.60. The number of amides is 1. The van der Waals surface area contributed by atoms with Crippen LogP contribution < -0.4 is 10.9 Å². The predicted octanol–water partition coefficient (Wildman–Crippen LogP) is 4.55. The van der Waals surface area contributed by atoms with Crippen molar-refractivity contribution in [2.75, 3.05) is 0 Å². The Morgan fingerprint density at radius 2 is 1.81 bits per heavy atom. The molecule has 0 saturated carbocycles. The van der Waals surface area contributed by atoms with Crippen LogP contribution in [0.2, 0.25) is 0 Å². The predicted molar refractivity (Wildman–Crippen MR) is 121 cm³/mol. The number of rotatable bonds is 6. The summed E-state index contributed by atoms with van der Waals surface area (Å²) in [5.41, 5.74) is 3.05. The monoisotopic (exact) mass is 415 g/mol. The van der Waals surface area contributed by atoms with E-state index < -0.39 is 0 Å². The lowest BCUT2D eigenvalue weighted by atomic mass is 10.1. The first kappa shape index (κ1) is 20.6. The number of hydrogen-bond acceptors (Lipinski definition) is 4. The SMILES string of the molecule is Cc1ccc(CNC(=O)c2ccc(-c3nc4ccccc4n(CC(C)C)c3=O)cc2)o1. The summed E-state index contributed by atoms with van der Waals surface area (Å²) in [7, 11) is 0. The van der Waals surface area contributed by atoms with Crippen LogP contribution in [-0.4, -0.2) is 15.5 Å². The molecule has 0 aliphatic heterocycles. The number of aromatic nitrogens is 2. The molecule has 1 amide bonds. The average Bonchev–Trinajstić information content (AvgIpc) is 3.19. The normalized spacial score (nSPS) is 11.2. The number of furan rings is 1. The smallest absolute Gasteiger partial charge is 0.277 e. The van der Waals surface area contributed by atoms with E-state index in [1.165, 1.54) is 0 Å². The number of para-hydroxylation sites is 2. The lowest BCUT2D eigenvalue weighted by Gasteiger charge is -2.14. The van der Waals surface area contributed by atoms with Crippen LogP contribution in [0.15, 0.2) is 69.9 Å². The fourth-order valence-electron chi connectivity index (χ4n) is 3.56. The number of carbonyl (C=O) groups excluding carboxylic acids is 1. The van der Waals surface area contributed by atoms with Crippen molar-refractivity contribution in [1.29, 1.82) is 0 Å². The number of aryl methyl sites for hydroxylation is 1. The highest BCUT2D eigenvalue weighted by Gasteiger charge is 2.14. The summed E-state index contributed by atoms with van der Waals surface area (Å²) in [5, 5.41) is 2.84. The second-order valence-electron chi connectivity index (χ2n) is 8.03. The maximum absolute atomic E-state index is 13.2. The zero-order valence-corrected chi connectivity index (χ0v) is 17.9. The summed E-state index contributed by atoms with van der Waals surface area (Å²) in [6.07, 6.45) is 0. The van der Waals surface area contributed by atoms with Gasteiger partial charge in [0.25, 0.3) is 11.5 Å². The number of nitrogens with zero attached hydrogens (tertiary/aromatic N) is 2. The van der Waals surface area contributed by atoms with Crippen LogP contribution in [0, 0.1) is 12.8 Å². The number of fused-ring (bicyclic) bond motifs is 1. The van der Waals surface area contributed by atoms with Crippen molar-refractivity contribution in [3.05, 3.63) is 88.1 Å². The van der Waals surface area contributed by atoms with E-state index in [0.717, 1.165) is 16.8 Å². The maximum atomic E-state index is 13.2. The average molecular weight is 415 g/mol. The third-order valence-electron chi connectivity index (χ3n) is 5.04. The van der Waals surface area contributed by atoms with Gasteiger partial charge in [0.1, 0.15) is 17.2 Å². The van der Waals surface area contributed by atoms with Crippen molar-refractivity contribution in [3.63, 3.8) is 0 Å². The Labute approximate surface area is 180 Å². The molecule has 0 bridgehead atoms.